The molecule has 0 fully saturated rings. The van der Waals surface area contributed by atoms with Crippen LogP contribution in [0.3, 0.4) is 0 Å². The van der Waals surface area contributed by atoms with Crippen molar-refractivity contribution in [3.8, 4) is 22.3 Å². The van der Waals surface area contributed by atoms with Crippen molar-refractivity contribution in [1.29, 1.82) is 0 Å². The van der Waals surface area contributed by atoms with Gasteiger partial charge in [-0.25, -0.2) is 0 Å². The van der Waals surface area contributed by atoms with Gasteiger partial charge in [0.25, 0.3) is 0 Å². The van der Waals surface area contributed by atoms with Gasteiger partial charge in [0, 0.05) is 42.3 Å². The Morgan fingerprint density at radius 1 is 0.410 bits per heavy atom. The van der Waals surface area contributed by atoms with Crippen molar-refractivity contribution in [2.24, 2.45) is 0 Å². The van der Waals surface area contributed by atoms with Gasteiger partial charge in [-0.05, 0) is 89.0 Å². The Morgan fingerprint density at radius 2 is 1.03 bits per heavy atom. The van der Waals surface area contributed by atoms with Crippen molar-refractivity contribution in [2.45, 2.75) is 0 Å². The summed E-state index contributed by atoms with van der Waals surface area (Å²) in [4.78, 5) is 2.31. The van der Waals surface area contributed by atoms with Gasteiger partial charge in [-0.2, -0.15) is 0 Å². The minimum Gasteiger partial charge on any atom is -0.310 e. The lowest BCUT2D eigenvalue weighted by atomic mass is 9.98. The van der Waals surface area contributed by atoms with Gasteiger partial charge in [-0.3, -0.25) is 0 Å². The van der Waals surface area contributed by atoms with Crippen LogP contribution in [-0.2, 0) is 0 Å². The average molecular weight is 538 g/mol. The maximum Gasteiger partial charge on any atom is 0.0468 e. The molecule has 0 N–H and O–H groups in total. The lowest BCUT2D eigenvalue weighted by Gasteiger charge is -2.25. The molecule has 7 rings (SSSR count). The molecule has 0 saturated carbocycles. The minimum absolute atomic E-state index is 0.745. The Kier molecular flexibility index (Phi) is 6.13. The van der Waals surface area contributed by atoms with E-state index < -0.39 is 0 Å². The summed E-state index contributed by atoms with van der Waals surface area (Å²) in [6.07, 6.45) is 0. The molecule has 0 saturated heterocycles. The summed E-state index contributed by atoms with van der Waals surface area (Å²) in [6, 6.07) is 51.4. The Bertz CT molecular complexity index is 1870. The van der Waals surface area contributed by atoms with Gasteiger partial charge in [0.1, 0.15) is 0 Å². The molecule has 0 unspecified atom stereocenters. The van der Waals surface area contributed by atoms with E-state index in [1.807, 2.05) is 23.5 Å². The van der Waals surface area contributed by atoms with Crippen molar-refractivity contribution < 1.29 is 0 Å². The zero-order valence-corrected chi connectivity index (χ0v) is 22.7. The first-order valence-electron chi connectivity index (χ1n) is 13.0. The van der Waals surface area contributed by atoms with Crippen molar-refractivity contribution in [3.63, 3.8) is 0 Å². The van der Waals surface area contributed by atoms with Gasteiger partial charge < -0.3 is 4.90 Å². The molecule has 186 valence electrons. The van der Waals surface area contributed by atoms with Gasteiger partial charge >= 0.3 is 0 Å². The fourth-order valence-corrected chi connectivity index (χ4v) is 6.60. The third-order valence-electron chi connectivity index (χ3n) is 7.08. The Labute approximate surface area is 237 Å². The molecule has 0 aliphatic rings. The van der Waals surface area contributed by atoms with Crippen molar-refractivity contribution in [1.82, 2.24) is 0 Å². The van der Waals surface area contributed by atoms with E-state index in [1.54, 1.807) is 0 Å². The number of hydrogen-bond donors (Lipinski definition) is 0. The summed E-state index contributed by atoms with van der Waals surface area (Å²) in [7, 11) is 0. The molecular formula is C36H24ClNS. The second-order valence-electron chi connectivity index (χ2n) is 9.59. The number of rotatable bonds is 5. The van der Waals surface area contributed by atoms with Crippen molar-refractivity contribution in [3.05, 3.63) is 151 Å². The van der Waals surface area contributed by atoms with Crippen LogP contribution in [0.1, 0.15) is 0 Å². The first-order valence-corrected chi connectivity index (χ1v) is 14.2. The van der Waals surface area contributed by atoms with Gasteiger partial charge in [0.2, 0.25) is 0 Å². The van der Waals surface area contributed by atoms with Crippen molar-refractivity contribution in [2.75, 3.05) is 4.90 Å². The molecule has 0 aliphatic carbocycles. The van der Waals surface area contributed by atoms with Crippen LogP contribution in [0.4, 0.5) is 17.1 Å². The molecule has 0 radical (unpaired) electrons. The number of anilines is 3. The molecule has 0 spiro atoms. The normalized spacial score (nSPS) is 11.2. The lowest BCUT2D eigenvalue weighted by Crippen LogP contribution is -2.09. The van der Waals surface area contributed by atoms with Crippen LogP contribution < -0.4 is 4.90 Å². The maximum atomic E-state index is 6.58. The van der Waals surface area contributed by atoms with Gasteiger partial charge in [-0.15, -0.1) is 11.3 Å². The van der Waals surface area contributed by atoms with E-state index in [0.29, 0.717) is 0 Å². The second-order valence-corrected chi connectivity index (χ2v) is 11.1. The summed E-state index contributed by atoms with van der Waals surface area (Å²) in [5, 5.41) is 3.29. The van der Waals surface area contributed by atoms with Crippen LogP contribution in [0.5, 0.6) is 0 Å². The SMILES string of the molecule is Clc1cc(-c2ccccc2)cc(-c2ccc3c(c2)sc2ccc(N(c4ccccc4)c4ccccc4)cc23)c1. The monoisotopic (exact) mass is 537 g/mol. The second kappa shape index (κ2) is 10.1. The van der Waals surface area contributed by atoms with Crippen LogP contribution in [-0.4, -0.2) is 0 Å². The zero-order valence-electron chi connectivity index (χ0n) is 21.1. The Hall–Kier alpha value is -4.37. The Morgan fingerprint density at radius 3 is 1.69 bits per heavy atom. The van der Waals surface area contributed by atoms with Crippen LogP contribution in [0, 0.1) is 0 Å². The number of benzene rings is 6. The molecule has 0 aliphatic heterocycles. The molecule has 3 heteroatoms. The van der Waals surface area contributed by atoms with Gasteiger partial charge in [-0.1, -0.05) is 90.5 Å². The van der Waals surface area contributed by atoms with Crippen LogP contribution >= 0.6 is 22.9 Å². The number of para-hydroxylation sites is 2. The first-order chi connectivity index (χ1) is 19.2. The standard InChI is InChI=1S/C36H24ClNS/c37-29-21-27(25-10-4-1-5-11-25)20-28(22-29)26-16-18-33-34-24-32(17-19-35(34)39-36(33)23-26)38(30-12-6-2-7-13-30)31-14-8-3-9-15-31/h1-24H. The molecule has 6 aromatic carbocycles. The topological polar surface area (TPSA) is 3.24 Å². The Balaban J connectivity index is 1.33. The summed E-state index contributed by atoms with van der Waals surface area (Å²) in [5.41, 5.74) is 8.01. The number of hydrogen-bond acceptors (Lipinski definition) is 2. The van der Waals surface area contributed by atoms with Crippen LogP contribution in [0.15, 0.2) is 146 Å². The van der Waals surface area contributed by atoms with Gasteiger partial charge in [0.05, 0.1) is 0 Å². The van der Waals surface area contributed by atoms with Gasteiger partial charge in [0.15, 0.2) is 0 Å². The fourth-order valence-electron chi connectivity index (χ4n) is 5.24. The zero-order chi connectivity index (χ0) is 26.2. The maximum absolute atomic E-state index is 6.58. The molecule has 0 bridgehead atoms. The fraction of sp³-hybridized carbons (Fsp3) is 0. The summed E-state index contributed by atoms with van der Waals surface area (Å²) >= 11 is 8.41. The smallest absolute Gasteiger partial charge is 0.0468 e. The molecule has 0 atom stereocenters. The van der Waals surface area contributed by atoms with E-state index in [2.05, 4.69) is 138 Å². The minimum atomic E-state index is 0.745. The predicted octanol–water partition coefficient (Wildman–Crippen LogP) is 11.5. The van der Waals surface area contributed by atoms with E-state index in [9.17, 15) is 0 Å². The number of fused-ring (bicyclic) bond motifs is 3. The molecule has 0 amide bonds. The molecule has 1 nitrogen and oxygen atoms in total. The summed E-state index contributed by atoms with van der Waals surface area (Å²) in [5.74, 6) is 0. The quantitative estimate of drug-likeness (QED) is 0.211. The van der Waals surface area contributed by atoms with Crippen LogP contribution in [0.25, 0.3) is 42.4 Å². The highest BCUT2D eigenvalue weighted by Gasteiger charge is 2.15. The molecule has 1 heterocycles. The average Bonchev–Trinajstić information content (AvgIpc) is 3.36. The number of thiophene rings is 1. The molecule has 7 aromatic rings. The third kappa shape index (κ3) is 4.59. The van der Waals surface area contributed by atoms with E-state index in [-0.39, 0.29) is 0 Å². The predicted molar refractivity (Wildman–Crippen MR) is 170 cm³/mol. The van der Waals surface area contributed by atoms with Crippen LogP contribution in [0.2, 0.25) is 5.02 Å². The molecular weight excluding hydrogens is 514 g/mol. The summed E-state index contributed by atoms with van der Waals surface area (Å²) < 4.78 is 2.55. The van der Waals surface area contributed by atoms with E-state index in [4.69, 9.17) is 11.6 Å². The highest BCUT2D eigenvalue weighted by atomic mass is 35.5. The molecule has 39 heavy (non-hydrogen) atoms. The number of nitrogens with zero attached hydrogens (tertiary/aromatic N) is 1. The highest BCUT2D eigenvalue weighted by molar-refractivity contribution is 7.25. The largest absolute Gasteiger partial charge is 0.310 e. The highest BCUT2D eigenvalue weighted by Crippen LogP contribution is 2.42. The van der Waals surface area contributed by atoms with E-state index >= 15 is 0 Å². The first kappa shape index (κ1) is 23.7. The lowest BCUT2D eigenvalue weighted by molar-refractivity contribution is 1.29. The number of halogens is 1. The van der Waals surface area contributed by atoms with Crippen molar-refractivity contribution >= 4 is 60.2 Å². The molecule has 1 aromatic heterocycles. The van der Waals surface area contributed by atoms with E-state index in [1.165, 1.54) is 25.7 Å². The van der Waals surface area contributed by atoms with E-state index in [0.717, 1.165) is 38.8 Å². The third-order valence-corrected chi connectivity index (χ3v) is 8.43. The summed E-state index contributed by atoms with van der Waals surface area (Å²) in [6.45, 7) is 0.